The molecule has 0 aliphatic carbocycles. The molecule has 0 radical (unpaired) electrons. The lowest BCUT2D eigenvalue weighted by molar-refractivity contribution is -0.131. The number of allylic oxidation sites excluding steroid dienone is 1. The van der Waals surface area contributed by atoms with E-state index in [9.17, 15) is 9.59 Å². The van der Waals surface area contributed by atoms with Crippen molar-refractivity contribution in [3.05, 3.63) is 59.4 Å². The third-order valence-electron chi connectivity index (χ3n) is 3.34. The third-order valence-corrected chi connectivity index (χ3v) is 3.34. The molecule has 5 nitrogen and oxygen atoms in total. The number of rotatable bonds is 3. The summed E-state index contributed by atoms with van der Waals surface area (Å²) < 4.78 is 15.9. The Bertz CT molecular complexity index is 820. The van der Waals surface area contributed by atoms with Crippen LogP contribution < -0.4 is 14.2 Å². The number of hydrogen-bond acceptors (Lipinski definition) is 5. The minimum Gasteiger partial charge on any atom is -0.497 e. The van der Waals surface area contributed by atoms with E-state index >= 15 is 0 Å². The van der Waals surface area contributed by atoms with Gasteiger partial charge in [0.1, 0.15) is 17.2 Å². The molecule has 2 aromatic rings. The average molecular weight is 310 g/mol. The molecule has 23 heavy (non-hydrogen) atoms. The summed E-state index contributed by atoms with van der Waals surface area (Å²) in [6.07, 6.45) is 1.56. The van der Waals surface area contributed by atoms with E-state index in [-0.39, 0.29) is 11.5 Å². The first kappa shape index (κ1) is 14.8. The number of para-hydroxylation sites is 1. The molecule has 0 aromatic heterocycles. The van der Waals surface area contributed by atoms with Gasteiger partial charge in [0.15, 0.2) is 5.76 Å². The number of ketones is 1. The summed E-state index contributed by atoms with van der Waals surface area (Å²) in [6, 6.07) is 12.0. The summed E-state index contributed by atoms with van der Waals surface area (Å²) in [4.78, 5) is 23.6. The maximum Gasteiger partial charge on any atom is 0.308 e. The zero-order valence-corrected chi connectivity index (χ0v) is 12.7. The molecule has 0 unspecified atom stereocenters. The number of ether oxygens (including phenoxy) is 3. The van der Waals surface area contributed by atoms with Gasteiger partial charge in [-0.1, -0.05) is 18.2 Å². The number of carbonyl (C=O) groups is 2. The highest BCUT2D eigenvalue weighted by atomic mass is 16.5. The lowest BCUT2D eigenvalue weighted by atomic mass is 10.1. The molecule has 116 valence electrons. The third kappa shape index (κ3) is 2.94. The van der Waals surface area contributed by atoms with Crippen LogP contribution in [0.5, 0.6) is 17.2 Å². The molecule has 0 amide bonds. The molecule has 1 aliphatic heterocycles. The molecule has 0 bridgehead atoms. The number of fused-ring (bicyclic) bond motifs is 1. The van der Waals surface area contributed by atoms with Gasteiger partial charge in [-0.15, -0.1) is 0 Å². The van der Waals surface area contributed by atoms with E-state index in [4.69, 9.17) is 14.2 Å². The predicted octanol–water partition coefficient (Wildman–Crippen LogP) is 3.24. The fourth-order valence-corrected chi connectivity index (χ4v) is 2.28. The van der Waals surface area contributed by atoms with Crippen molar-refractivity contribution in [3.63, 3.8) is 0 Å². The van der Waals surface area contributed by atoms with Crippen LogP contribution in [0.15, 0.2) is 48.2 Å². The monoisotopic (exact) mass is 310 g/mol. The van der Waals surface area contributed by atoms with Crippen LogP contribution >= 0.6 is 0 Å². The molecule has 0 saturated carbocycles. The highest BCUT2D eigenvalue weighted by Crippen LogP contribution is 2.35. The van der Waals surface area contributed by atoms with Gasteiger partial charge in [-0.3, -0.25) is 9.59 Å². The Hall–Kier alpha value is -3.08. The normalized spacial score (nSPS) is 14.3. The molecule has 1 aliphatic rings. The molecular formula is C18H14O5. The van der Waals surface area contributed by atoms with Crippen molar-refractivity contribution < 1.29 is 23.8 Å². The first-order chi connectivity index (χ1) is 11.1. The van der Waals surface area contributed by atoms with Gasteiger partial charge in [-0.05, 0) is 24.3 Å². The van der Waals surface area contributed by atoms with Gasteiger partial charge in [-0.2, -0.15) is 0 Å². The SMILES string of the molecule is COc1ccc2c(c1)O/C(=C\c1ccccc1OC(C)=O)C2=O. The molecule has 1 heterocycles. The van der Waals surface area contributed by atoms with E-state index in [1.165, 1.54) is 6.92 Å². The maximum atomic E-state index is 12.4. The van der Waals surface area contributed by atoms with E-state index in [1.54, 1.807) is 55.7 Å². The van der Waals surface area contributed by atoms with Gasteiger partial charge >= 0.3 is 5.97 Å². The topological polar surface area (TPSA) is 61.8 Å². The second-order valence-corrected chi connectivity index (χ2v) is 4.93. The Labute approximate surface area is 133 Å². The fraction of sp³-hybridized carbons (Fsp3) is 0.111. The zero-order valence-electron chi connectivity index (χ0n) is 12.7. The molecule has 0 N–H and O–H groups in total. The smallest absolute Gasteiger partial charge is 0.308 e. The van der Waals surface area contributed by atoms with E-state index in [1.807, 2.05) is 0 Å². The fourth-order valence-electron chi connectivity index (χ4n) is 2.28. The molecule has 0 fully saturated rings. The van der Waals surface area contributed by atoms with Crippen molar-refractivity contribution >= 4 is 17.8 Å². The number of carbonyl (C=O) groups excluding carboxylic acids is 2. The van der Waals surface area contributed by atoms with Crippen LogP contribution in [-0.2, 0) is 4.79 Å². The minimum absolute atomic E-state index is 0.174. The highest BCUT2D eigenvalue weighted by molar-refractivity contribution is 6.14. The molecule has 0 saturated heterocycles. The Morgan fingerprint density at radius 3 is 2.70 bits per heavy atom. The summed E-state index contributed by atoms with van der Waals surface area (Å²) in [5.74, 6) is 0.955. The Morgan fingerprint density at radius 2 is 1.96 bits per heavy atom. The molecule has 3 rings (SSSR count). The van der Waals surface area contributed by atoms with Crippen molar-refractivity contribution in [2.24, 2.45) is 0 Å². The van der Waals surface area contributed by atoms with Gasteiger partial charge in [0.05, 0.1) is 12.7 Å². The second kappa shape index (κ2) is 5.96. The van der Waals surface area contributed by atoms with Crippen molar-refractivity contribution in [1.82, 2.24) is 0 Å². The average Bonchev–Trinajstić information content (AvgIpc) is 2.84. The van der Waals surface area contributed by atoms with Crippen LogP contribution in [0.25, 0.3) is 6.08 Å². The number of Topliss-reactive ketones (excluding diaryl/α,β-unsaturated/α-hetero) is 1. The number of hydrogen-bond donors (Lipinski definition) is 0. The van der Waals surface area contributed by atoms with Gasteiger partial charge < -0.3 is 14.2 Å². The van der Waals surface area contributed by atoms with Crippen LogP contribution in [0.3, 0.4) is 0 Å². The minimum atomic E-state index is -0.428. The zero-order chi connectivity index (χ0) is 16.4. The quantitative estimate of drug-likeness (QED) is 0.495. The lowest BCUT2D eigenvalue weighted by Crippen LogP contribution is -2.03. The van der Waals surface area contributed by atoms with Gasteiger partial charge in [-0.25, -0.2) is 0 Å². The first-order valence-corrected chi connectivity index (χ1v) is 6.98. The van der Waals surface area contributed by atoms with E-state index < -0.39 is 5.97 Å². The summed E-state index contributed by atoms with van der Waals surface area (Å²) in [7, 11) is 1.55. The van der Waals surface area contributed by atoms with E-state index in [0.29, 0.717) is 28.4 Å². The van der Waals surface area contributed by atoms with Crippen LogP contribution in [0, 0.1) is 0 Å². The largest absolute Gasteiger partial charge is 0.497 e. The van der Waals surface area contributed by atoms with Crippen LogP contribution in [0.1, 0.15) is 22.8 Å². The Kier molecular flexibility index (Phi) is 3.85. The van der Waals surface area contributed by atoms with Crippen molar-refractivity contribution in [3.8, 4) is 17.2 Å². The maximum absolute atomic E-state index is 12.4. The summed E-state index contributed by atoms with van der Waals surface area (Å²) >= 11 is 0. The van der Waals surface area contributed by atoms with Crippen molar-refractivity contribution in [2.75, 3.05) is 7.11 Å². The number of methoxy groups -OCH3 is 1. The number of benzene rings is 2. The van der Waals surface area contributed by atoms with E-state index in [2.05, 4.69) is 0 Å². The van der Waals surface area contributed by atoms with Gasteiger partial charge in [0, 0.05) is 18.6 Å². The van der Waals surface area contributed by atoms with Crippen LogP contribution in [-0.4, -0.2) is 18.9 Å². The van der Waals surface area contributed by atoms with Crippen molar-refractivity contribution in [1.29, 1.82) is 0 Å². The molecular weight excluding hydrogens is 296 g/mol. The highest BCUT2D eigenvalue weighted by Gasteiger charge is 2.28. The molecule has 0 atom stereocenters. The second-order valence-electron chi connectivity index (χ2n) is 4.93. The summed E-state index contributed by atoms with van der Waals surface area (Å²) in [5, 5.41) is 0. The van der Waals surface area contributed by atoms with Crippen molar-refractivity contribution in [2.45, 2.75) is 6.92 Å². The lowest BCUT2D eigenvalue weighted by Gasteiger charge is -2.05. The van der Waals surface area contributed by atoms with E-state index in [0.717, 1.165) is 0 Å². The van der Waals surface area contributed by atoms with Crippen LogP contribution in [0.4, 0.5) is 0 Å². The predicted molar refractivity (Wildman–Crippen MR) is 83.7 cm³/mol. The number of esters is 1. The molecule has 5 heteroatoms. The van der Waals surface area contributed by atoms with Gasteiger partial charge in [0.25, 0.3) is 0 Å². The molecule has 2 aromatic carbocycles. The Balaban J connectivity index is 1.96. The Morgan fingerprint density at radius 1 is 1.17 bits per heavy atom. The van der Waals surface area contributed by atoms with Crippen LogP contribution in [0.2, 0.25) is 0 Å². The summed E-state index contributed by atoms with van der Waals surface area (Å²) in [5.41, 5.74) is 1.06. The van der Waals surface area contributed by atoms with Gasteiger partial charge in [0.2, 0.25) is 5.78 Å². The standard InChI is InChI=1S/C18H14O5/c1-11(19)22-15-6-4-3-5-12(15)9-17-18(20)14-8-7-13(21-2)10-16(14)23-17/h3-10H,1-2H3/b17-9-. The molecule has 0 spiro atoms. The summed E-state index contributed by atoms with van der Waals surface area (Å²) in [6.45, 7) is 1.32. The first-order valence-electron chi connectivity index (χ1n) is 6.98.